The molecule has 3 atom stereocenters. The van der Waals surface area contributed by atoms with Crippen molar-refractivity contribution < 1.29 is 5.11 Å². The number of aliphatic hydroxyl groups excluding tert-OH is 1. The van der Waals surface area contributed by atoms with Crippen molar-refractivity contribution in [2.24, 2.45) is 11.8 Å². The molecule has 1 fully saturated rings. The summed E-state index contributed by atoms with van der Waals surface area (Å²) in [5.74, 6) is 1.19. The number of aliphatic hydroxyl groups is 1. The molecule has 0 aliphatic carbocycles. The van der Waals surface area contributed by atoms with Gasteiger partial charge in [-0.2, -0.15) is 0 Å². The summed E-state index contributed by atoms with van der Waals surface area (Å²) in [6, 6.07) is 0.362. The lowest BCUT2D eigenvalue weighted by atomic mass is 9.86. The normalized spacial score (nSPS) is 39.0. The molecule has 2 heteroatoms. The number of hydrogen-bond acceptors (Lipinski definition) is 2. The lowest BCUT2D eigenvalue weighted by Gasteiger charge is -2.41. The van der Waals surface area contributed by atoms with Gasteiger partial charge in [0.1, 0.15) is 0 Å². The minimum absolute atomic E-state index is 0.126. The van der Waals surface area contributed by atoms with Gasteiger partial charge in [-0.1, -0.05) is 20.8 Å². The highest BCUT2D eigenvalue weighted by molar-refractivity contribution is 4.86. The quantitative estimate of drug-likeness (QED) is 0.643. The van der Waals surface area contributed by atoms with Gasteiger partial charge in [0.15, 0.2) is 0 Å². The molecule has 1 N–H and O–H groups in total. The monoisotopic (exact) mass is 171 g/mol. The van der Waals surface area contributed by atoms with Crippen LogP contribution in [0.3, 0.4) is 0 Å². The number of nitrogens with zero attached hydrogens (tertiary/aromatic N) is 1. The van der Waals surface area contributed by atoms with Crippen LogP contribution in [0.5, 0.6) is 0 Å². The van der Waals surface area contributed by atoms with Crippen LogP contribution >= 0.6 is 0 Å². The molecule has 1 aliphatic heterocycles. The third-order valence-corrected chi connectivity index (χ3v) is 2.83. The maximum atomic E-state index is 9.84. The Kier molecular flexibility index (Phi) is 3.13. The average molecular weight is 171 g/mol. The summed E-state index contributed by atoms with van der Waals surface area (Å²) in [5.41, 5.74) is 0. The second-order valence-electron chi connectivity index (χ2n) is 4.58. The van der Waals surface area contributed by atoms with Crippen molar-refractivity contribution in [3.63, 3.8) is 0 Å². The molecule has 12 heavy (non-hydrogen) atoms. The zero-order chi connectivity index (χ0) is 9.30. The largest absolute Gasteiger partial charge is 0.391 e. The smallest absolute Gasteiger partial charge is 0.0700 e. The van der Waals surface area contributed by atoms with Crippen molar-refractivity contribution >= 4 is 0 Å². The molecular weight excluding hydrogens is 150 g/mol. The third-order valence-electron chi connectivity index (χ3n) is 2.83. The lowest BCUT2D eigenvalue weighted by Crippen LogP contribution is -2.51. The predicted molar refractivity (Wildman–Crippen MR) is 51.0 cm³/mol. The van der Waals surface area contributed by atoms with Gasteiger partial charge >= 0.3 is 0 Å². The highest BCUT2D eigenvalue weighted by atomic mass is 16.3. The van der Waals surface area contributed by atoms with Crippen molar-refractivity contribution in [2.45, 2.75) is 39.3 Å². The van der Waals surface area contributed by atoms with Crippen LogP contribution in [0.4, 0.5) is 0 Å². The molecule has 1 saturated heterocycles. The summed E-state index contributed by atoms with van der Waals surface area (Å²) in [7, 11) is 2.11. The molecular formula is C10H21NO. The third kappa shape index (κ3) is 1.99. The van der Waals surface area contributed by atoms with Crippen LogP contribution in [0.2, 0.25) is 0 Å². The number of rotatable bonds is 1. The van der Waals surface area contributed by atoms with Gasteiger partial charge in [0.2, 0.25) is 0 Å². The average Bonchev–Trinajstić information content (AvgIpc) is 1.82. The Labute approximate surface area is 75.6 Å². The van der Waals surface area contributed by atoms with Crippen molar-refractivity contribution in [3.8, 4) is 0 Å². The Hall–Kier alpha value is -0.0800. The lowest BCUT2D eigenvalue weighted by molar-refractivity contribution is -0.0179. The first kappa shape index (κ1) is 10.0. The first-order chi connectivity index (χ1) is 5.52. The zero-order valence-electron chi connectivity index (χ0n) is 8.62. The zero-order valence-corrected chi connectivity index (χ0v) is 8.62. The fourth-order valence-electron chi connectivity index (χ4n) is 2.49. The fraction of sp³-hybridized carbons (Fsp3) is 1.00. The van der Waals surface area contributed by atoms with Gasteiger partial charge in [-0.15, -0.1) is 0 Å². The van der Waals surface area contributed by atoms with E-state index in [1.54, 1.807) is 0 Å². The van der Waals surface area contributed by atoms with Crippen LogP contribution in [-0.2, 0) is 0 Å². The van der Waals surface area contributed by atoms with Crippen molar-refractivity contribution in [3.05, 3.63) is 0 Å². The predicted octanol–water partition coefficient (Wildman–Crippen LogP) is 1.34. The van der Waals surface area contributed by atoms with E-state index >= 15 is 0 Å². The van der Waals surface area contributed by atoms with Gasteiger partial charge in [0.25, 0.3) is 0 Å². The van der Waals surface area contributed by atoms with Crippen LogP contribution in [0.25, 0.3) is 0 Å². The summed E-state index contributed by atoms with van der Waals surface area (Å²) in [6.07, 6.45) is 0.839. The Balaban J connectivity index is 2.60. The molecule has 2 nitrogen and oxygen atoms in total. The SMILES string of the molecule is CC(C)[C@H]1[C@H](O)C[C@H](C)CN1C. The molecule has 1 aliphatic rings. The van der Waals surface area contributed by atoms with Gasteiger partial charge in [-0.3, -0.25) is 0 Å². The molecule has 0 amide bonds. The number of hydrogen-bond donors (Lipinski definition) is 1. The molecule has 1 heterocycles. The first-order valence-electron chi connectivity index (χ1n) is 4.90. The number of likely N-dealkylation sites (N-methyl/N-ethyl adjacent to an activating group) is 1. The molecule has 0 spiro atoms. The maximum Gasteiger partial charge on any atom is 0.0700 e. The summed E-state index contributed by atoms with van der Waals surface area (Å²) >= 11 is 0. The van der Waals surface area contributed by atoms with E-state index in [4.69, 9.17) is 0 Å². The second kappa shape index (κ2) is 3.75. The second-order valence-corrected chi connectivity index (χ2v) is 4.58. The van der Waals surface area contributed by atoms with E-state index in [9.17, 15) is 5.11 Å². The van der Waals surface area contributed by atoms with E-state index < -0.39 is 0 Å². The Morgan fingerprint density at radius 2 is 2.00 bits per heavy atom. The Morgan fingerprint density at radius 3 is 2.42 bits per heavy atom. The van der Waals surface area contributed by atoms with Crippen LogP contribution < -0.4 is 0 Å². The standard InChI is InChI=1S/C10H21NO/c1-7(2)10-9(12)5-8(3)6-11(10)4/h7-10,12H,5-6H2,1-4H3/t8-,9+,10-/m0/s1. The van der Waals surface area contributed by atoms with Gasteiger partial charge in [0.05, 0.1) is 6.10 Å². The molecule has 0 aromatic rings. The first-order valence-corrected chi connectivity index (χ1v) is 4.90. The Morgan fingerprint density at radius 1 is 1.42 bits per heavy atom. The summed E-state index contributed by atoms with van der Waals surface area (Å²) in [6.45, 7) is 7.69. The minimum Gasteiger partial charge on any atom is -0.391 e. The topological polar surface area (TPSA) is 23.5 Å². The molecule has 0 unspecified atom stereocenters. The van der Waals surface area contributed by atoms with E-state index in [2.05, 4.69) is 32.7 Å². The number of likely N-dealkylation sites (tertiary alicyclic amines) is 1. The van der Waals surface area contributed by atoms with E-state index in [1.807, 2.05) is 0 Å². The van der Waals surface area contributed by atoms with Crippen molar-refractivity contribution in [2.75, 3.05) is 13.6 Å². The van der Waals surface area contributed by atoms with Crippen LogP contribution in [-0.4, -0.2) is 35.7 Å². The summed E-state index contributed by atoms with van der Waals surface area (Å²) in [5, 5.41) is 9.84. The van der Waals surface area contributed by atoms with Crippen LogP contribution in [0.15, 0.2) is 0 Å². The summed E-state index contributed by atoms with van der Waals surface area (Å²) < 4.78 is 0. The van der Waals surface area contributed by atoms with Crippen LogP contribution in [0.1, 0.15) is 27.2 Å². The summed E-state index contributed by atoms with van der Waals surface area (Å²) in [4.78, 5) is 2.30. The fourth-order valence-corrected chi connectivity index (χ4v) is 2.49. The highest BCUT2D eigenvalue weighted by Gasteiger charge is 2.32. The van der Waals surface area contributed by atoms with E-state index in [0.29, 0.717) is 17.9 Å². The molecule has 0 aromatic carbocycles. The molecule has 0 saturated carbocycles. The highest BCUT2D eigenvalue weighted by Crippen LogP contribution is 2.25. The Bertz CT molecular complexity index is 135. The number of piperidine rings is 1. The van der Waals surface area contributed by atoms with E-state index in [1.165, 1.54) is 0 Å². The molecule has 72 valence electrons. The van der Waals surface area contributed by atoms with Gasteiger partial charge in [0, 0.05) is 12.6 Å². The molecule has 0 bridgehead atoms. The maximum absolute atomic E-state index is 9.84. The molecule has 1 rings (SSSR count). The van der Waals surface area contributed by atoms with E-state index in [0.717, 1.165) is 13.0 Å². The van der Waals surface area contributed by atoms with Gasteiger partial charge in [-0.05, 0) is 25.3 Å². The molecule has 0 radical (unpaired) electrons. The van der Waals surface area contributed by atoms with Gasteiger partial charge in [-0.25, -0.2) is 0 Å². The van der Waals surface area contributed by atoms with Crippen molar-refractivity contribution in [1.82, 2.24) is 4.90 Å². The minimum atomic E-state index is -0.126. The molecule has 0 aromatic heterocycles. The van der Waals surface area contributed by atoms with Crippen LogP contribution in [0, 0.1) is 11.8 Å². The van der Waals surface area contributed by atoms with Gasteiger partial charge < -0.3 is 10.0 Å². The van der Waals surface area contributed by atoms with E-state index in [-0.39, 0.29) is 6.10 Å². The van der Waals surface area contributed by atoms with Crippen molar-refractivity contribution in [1.29, 1.82) is 0 Å².